The molecule has 1 aliphatic rings. The lowest BCUT2D eigenvalue weighted by atomic mass is 10.2. The third kappa shape index (κ3) is 3.63. The number of amides is 1. The van der Waals surface area contributed by atoms with Crippen molar-refractivity contribution in [1.82, 2.24) is 10.3 Å². The third-order valence-electron chi connectivity index (χ3n) is 2.84. The Hall–Kier alpha value is -1.23. The van der Waals surface area contributed by atoms with Gasteiger partial charge in [0.2, 0.25) is 0 Å². The molecule has 1 fully saturated rings. The van der Waals surface area contributed by atoms with Gasteiger partial charge in [-0.1, -0.05) is 6.92 Å². The van der Waals surface area contributed by atoms with Crippen molar-refractivity contribution in [3.05, 3.63) is 24.0 Å². The van der Waals surface area contributed by atoms with Gasteiger partial charge in [0.1, 0.15) is 5.69 Å². The van der Waals surface area contributed by atoms with Gasteiger partial charge in [-0.15, -0.1) is 0 Å². The molecule has 0 aromatic carbocycles. The molecule has 0 aliphatic carbocycles. The second-order valence-electron chi connectivity index (χ2n) is 4.39. The highest BCUT2D eigenvalue weighted by molar-refractivity contribution is 7.99. The Bertz CT molecular complexity index is 388. The first-order valence-corrected chi connectivity index (χ1v) is 7.53. The maximum absolute atomic E-state index is 11.9. The zero-order chi connectivity index (χ0) is 12.8. The third-order valence-corrected chi connectivity index (χ3v) is 4.00. The van der Waals surface area contributed by atoms with Gasteiger partial charge in [0, 0.05) is 18.3 Å². The Morgan fingerprint density at radius 2 is 2.44 bits per heavy atom. The molecule has 5 heteroatoms. The van der Waals surface area contributed by atoms with Gasteiger partial charge >= 0.3 is 0 Å². The smallest absolute Gasteiger partial charge is 0.270 e. The predicted molar refractivity (Wildman–Crippen MR) is 76.2 cm³/mol. The van der Waals surface area contributed by atoms with E-state index >= 15 is 0 Å². The second-order valence-corrected chi connectivity index (χ2v) is 5.54. The number of pyridine rings is 1. The molecule has 2 N–H and O–H groups in total. The summed E-state index contributed by atoms with van der Waals surface area (Å²) in [5.74, 6) is 2.09. The maximum Gasteiger partial charge on any atom is 0.270 e. The summed E-state index contributed by atoms with van der Waals surface area (Å²) in [5, 5.41) is 6.25. The molecule has 2 heterocycles. The van der Waals surface area contributed by atoms with Crippen LogP contribution < -0.4 is 10.6 Å². The minimum Gasteiger partial charge on any atom is -0.384 e. The Labute approximate surface area is 112 Å². The first-order chi connectivity index (χ1) is 8.79. The highest BCUT2D eigenvalue weighted by atomic mass is 32.2. The molecule has 4 nitrogen and oxygen atoms in total. The molecule has 1 aliphatic heterocycles. The summed E-state index contributed by atoms with van der Waals surface area (Å²) < 4.78 is 0. The number of aromatic nitrogens is 1. The zero-order valence-corrected chi connectivity index (χ0v) is 11.4. The van der Waals surface area contributed by atoms with Gasteiger partial charge in [-0.3, -0.25) is 4.79 Å². The lowest BCUT2D eigenvalue weighted by Crippen LogP contribution is -2.35. The number of anilines is 1. The average molecular weight is 265 g/mol. The number of nitrogens with zero attached hydrogens (tertiary/aromatic N) is 1. The summed E-state index contributed by atoms with van der Waals surface area (Å²) in [5.41, 5.74) is 1.46. The quantitative estimate of drug-likeness (QED) is 0.856. The Morgan fingerprint density at radius 3 is 3.06 bits per heavy atom. The van der Waals surface area contributed by atoms with Gasteiger partial charge in [-0.05, 0) is 30.7 Å². The summed E-state index contributed by atoms with van der Waals surface area (Å²) in [7, 11) is 0. The Kier molecular flexibility index (Phi) is 4.87. The standard InChI is InChI=1S/C13H19N3OS/c1-2-6-14-10-3-4-12(15-8-10)13(17)16-11-5-7-18-9-11/h3-4,8,11,14H,2,5-7,9H2,1H3,(H,16,17). The van der Waals surface area contributed by atoms with E-state index in [-0.39, 0.29) is 5.91 Å². The van der Waals surface area contributed by atoms with Crippen molar-refractivity contribution in [3.63, 3.8) is 0 Å². The number of carbonyl (C=O) groups is 1. The van der Waals surface area contributed by atoms with Gasteiger partial charge in [0.25, 0.3) is 5.91 Å². The van der Waals surface area contributed by atoms with Gasteiger partial charge in [-0.25, -0.2) is 4.98 Å². The van der Waals surface area contributed by atoms with E-state index in [2.05, 4.69) is 22.5 Å². The van der Waals surface area contributed by atoms with E-state index in [0.717, 1.165) is 36.6 Å². The molecule has 0 radical (unpaired) electrons. The van der Waals surface area contributed by atoms with Crippen molar-refractivity contribution in [2.45, 2.75) is 25.8 Å². The Balaban J connectivity index is 1.89. The van der Waals surface area contributed by atoms with Crippen LogP contribution >= 0.6 is 11.8 Å². The van der Waals surface area contributed by atoms with Crippen LogP contribution in [0.3, 0.4) is 0 Å². The number of rotatable bonds is 5. The maximum atomic E-state index is 11.9. The zero-order valence-electron chi connectivity index (χ0n) is 10.6. The highest BCUT2D eigenvalue weighted by Crippen LogP contribution is 2.17. The van der Waals surface area contributed by atoms with E-state index in [0.29, 0.717) is 11.7 Å². The fourth-order valence-electron chi connectivity index (χ4n) is 1.81. The molecular formula is C13H19N3OS. The molecule has 0 saturated carbocycles. The normalized spacial score (nSPS) is 18.6. The number of nitrogens with one attached hydrogen (secondary N) is 2. The lowest BCUT2D eigenvalue weighted by Gasteiger charge is -2.11. The summed E-state index contributed by atoms with van der Waals surface area (Å²) >= 11 is 1.89. The molecule has 98 valence electrons. The molecule has 0 spiro atoms. The fourth-order valence-corrected chi connectivity index (χ4v) is 2.96. The molecule has 1 aromatic heterocycles. The molecule has 1 amide bonds. The molecule has 1 aromatic rings. The van der Waals surface area contributed by atoms with E-state index in [1.165, 1.54) is 0 Å². The molecule has 1 unspecified atom stereocenters. The van der Waals surface area contributed by atoms with Crippen molar-refractivity contribution < 1.29 is 4.79 Å². The largest absolute Gasteiger partial charge is 0.384 e. The number of carbonyl (C=O) groups excluding carboxylic acids is 1. The van der Waals surface area contributed by atoms with Gasteiger partial charge in [0.05, 0.1) is 11.9 Å². The van der Waals surface area contributed by atoms with Crippen LogP contribution in [0.25, 0.3) is 0 Å². The van der Waals surface area contributed by atoms with Crippen molar-refractivity contribution in [2.24, 2.45) is 0 Å². The Morgan fingerprint density at radius 1 is 1.56 bits per heavy atom. The van der Waals surface area contributed by atoms with Crippen LogP contribution in [0.5, 0.6) is 0 Å². The molecule has 2 rings (SSSR count). The van der Waals surface area contributed by atoms with Crippen LogP contribution in [-0.4, -0.2) is 35.0 Å². The monoisotopic (exact) mass is 265 g/mol. The van der Waals surface area contributed by atoms with E-state index in [4.69, 9.17) is 0 Å². The topological polar surface area (TPSA) is 54.0 Å². The molecule has 0 bridgehead atoms. The first kappa shape index (κ1) is 13.2. The van der Waals surface area contributed by atoms with E-state index in [1.807, 2.05) is 17.8 Å². The molecular weight excluding hydrogens is 246 g/mol. The van der Waals surface area contributed by atoms with Crippen LogP contribution in [0.15, 0.2) is 18.3 Å². The lowest BCUT2D eigenvalue weighted by molar-refractivity contribution is 0.0936. The minimum absolute atomic E-state index is 0.0652. The van der Waals surface area contributed by atoms with Crippen LogP contribution in [0.4, 0.5) is 5.69 Å². The average Bonchev–Trinajstić information content (AvgIpc) is 2.89. The van der Waals surface area contributed by atoms with Crippen LogP contribution in [0.2, 0.25) is 0 Å². The van der Waals surface area contributed by atoms with Crippen LogP contribution in [-0.2, 0) is 0 Å². The molecule has 1 saturated heterocycles. The number of hydrogen-bond acceptors (Lipinski definition) is 4. The van der Waals surface area contributed by atoms with Gasteiger partial charge in [-0.2, -0.15) is 11.8 Å². The van der Waals surface area contributed by atoms with Crippen molar-refractivity contribution in [3.8, 4) is 0 Å². The fraction of sp³-hybridized carbons (Fsp3) is 0.538. The van der Waals surface area contributed by atoms with E-state index < -0.39 is 0 Å². The van der Waals surface area contributed by atoms with Crippen LogP contribution in [0.1, 0.15) is 30.3 Å². The van der Waals surface area contributed by atoms with E-state index in [1.54, 1.807) is 12.3 Å². The van der Waals surface area contributed by atoms with Crippen molar-refractivity contribution >= 4 is 23.4 Å². The molecule has 18 heavy (non-hydrogen) atoms. The number of hydrogen-bond donors (Lipinski definition) is 2. The second kappa shape index (κ2) is 6.64. The number of thioether (sulfide) groups is 1. The van der Waals surface area contributed by atoms with Crippen molar-refractivity contribution in [1.29, 1.82) is 0 Å². The van der Waals surface area contributed by atoms with E-state index in [9.17, 15) is 4.79 Å². The van der Waals surface area contributed by atoms with Gasteiger partial charge < -0.3 is 10.6 Å². The minimum atomic E-state index is -0.0652. The van der Waals surface area contributed by atoms with Crippen molar-refractivity contribution in [2.75, 3.05) is 23.4 Å². The summed E-state index contributed by atoms with van der Waals surface area (Å²) in [6.45, 7) is 3.04. The first-order valence-electron chi connectivity index (χ1n) is 6.38. The highest BCUT2D eigenvalue weighted by Gasteiger charge is 2.18. The summed E-state index contributed by atoms with van der Waals surface area (Å²) in [6.07, 6.45) is 3.85. The van der Waals surface area contributed by atoms with Gasteiger partial charge in [0.15, 0.2) is 0 Å². The van der Waals surface area contributed by atoms with Crippen LogP contribution in [0, 0.1) is 0 Å². The SMILES string of the molecule is CCCNc1ccc(C(=O)NC2CCSC2)nc1. The predicted octanol–water partition coefficient (Wildman–Crippen LogP) is 2.14. The summed E-state index contributed by atoms with van der Waals surface area (Å²) in [4.78, 5) is 16.1. The molecule has 1 atom stereocenters. The summed E-state index contributed by atoms with van der Waals surface area (Å²) in [6, 6.07) is 3.98.